The molecular formula is C24H24ClNO6. The van der Waals surface area contributed by atoms with E-state index < -0.39 is 5.97 Å². The van der Waals surface area contributed by atoms with Crippen molar-refractivity contribution in [2.75, 3.05) is 34.5 Å². The van der Waals surface area contributed by atoms with E-state index in [-0.39, 0.29) is 19.0 Å². The lowest BCUT2D eigenvalue weighted by atomic mass is 10.1. The van der Waals surface area contributed by atoms with Crippen LogP contribution < -0.4 is 14.2 Å². The Morgan fingerprint density at radius 2 is 1.81 bits per heavy atom. The van der Waals surface area contributed by atoms with Gasteiger partial charge in [0.25, 0.3) is 0 Å². The summed E-state index contributed by atoms with van der Waals surface area (Å²) in [6.45, 7) is 0.287. The van der Waals surface area contributed by atoms with Crippen LogP contribution in [0.15, 0.2) is 54.1 Å². The highest BCUT2D eigenvalue weighted by molar-refractivity contribution is 6.30. The quantitative estimate of drug-likeness (QED) is 0.442. The summed E-state index contributed by atoms with van der Waals surface area (Å²) in [6, 6.07) is 10.7. The molecule has 0 unspecified atom stereocenters. The third-order valence-electron chi connectivity index (χ3n) is 4.79. The number of benzene rings is 2. The highest BCUT2D eigenvalue weighted by atomic mass is 35.5. The molecule has 0 atom stereocenters. The Bertz CT molecular complexity index is 1040. The van der Waals surface area contributed by atoms with Crippen molar-refractivity contribution in [2.24, 2.45) is 0 Å². The number of ether oxygens (including phenoxy) is 4. The molecule has 1 aliphatic rings. The zero-order valence-corrected chi connectivity index (χ0v) is 18.8. The molecule has 3 rings (SSSR count). The normalized spacial score (nSPS) is 12.4. The molecule has 0 bridgehead atoms. The molecule has 8 heteroatoms. The second kappa shape index (κ2) is 10.7. The van der Waals surface area contributed by atoms with Crippen LogP contribution in [0.1, 0.15) is 11.1 Å². The molecular weight excluding hydrogens is 434 g/mol. The molecule has 7 nitrogen and oxygen atoms in total. The summed E-state index contributed by atoms with van der Waals surface area (Å²) in [5.74, 6) is 1.03. The summed E-state index contributed by atoms with van der Waals surface area (Å²) in [4.78, 5) is 26.2. The smallest absolute Gasteiger partial charge is 0.325 e. The van der Waals surface area contributed by atoms with E-state index in [9.17, 15) is 9.59 Å². The van der Waals surface area contributed by atoms with Crippen LogP contribution in [-0.2, 0) is 20.9 Å². The highest BCUT2D eigenvalue weighted by Gasteiger charge is 2.18. The molecule has 1 heterocycles. The van der Waals surface area contributed by atoms with Gasteiger partial charge in [0, 0.05) is 29.3 Å². The molecule has 0 aromatic heterocycles. The zero-order chi connectivity index (χ0) is 23.1. The fourth-order valence-corrected chi connectivity index (χ4v) is 3.34. The van der Waals surface area contributed by atoms with Gasteiger partial charge in [-0.3, -0.25) is 9.59 Å². The van der Waals surface area contributed by atoms with Gasteiger partial charge in [0.1, 0.15) is 30.4 Å². The van der Waals surface area contributed by atoms with Crippen LogP contribution in [0.4, 0.5) is 0 Å². The summed E-state index contributed by atoms with van der Waals surface area (Å²) in [6.07, 6.45) is 4.99. The van der Waals surface area contributed by atoms with Crippen molar-refractivity contribution in [3.8, 4) is 17.2 Å². The first-order valence-electron chi connectivity index (χ1n) is 9.80. The lowest BCUT2D eigenvalue weighted by Crippen LogP contribution is -2.34. The van der Waals surface area contributed by atoms with E-state index in [0.29, 0.717) is 23.1 Å². The van der Waals surface area contributed by atoms with Gasteiger partial charge in [-0.25, -0.2) is 0 Å². The third kappa shape index (κ3) is 6.04. The molecule has 0 spiro atoms. The monoisotopic (exact) mass is 457 g/mol. The van der Waals surface area contributed by atoms with Crippen molar-refractivity contribution in [1.29, 1.82) is 0 Å². The largest absolute Gasteiger partial charge is 0.497 e. The Morgan fingerprint density at radius 3 is 2.47 bits per heavy atom. The van der Waals surface area contributed by atoms with Crippen LogP contribution in [-0.4, -0.2) is 51.3 Å². The predicted octanol–water partition coefficient (Wildman–Crippen LogP) is 3.89. The molecule has 0 saturated heterocycles. The number of nitrogens with zero attached hydrogens (tertiary/aromatic N) is 1. The second-order valence-corrected chi connectivity index (χ2v) is 7.45. The Hall–Kier alpha value is -3.45. The van der Waals surface area contributed by atoms with E-state index in [0.717, 1.165) is 22.4 Å². The molecule has 0 radical (unpaired) electrons. The minimum atomic E-state index is -0.523. The molecule has 0 N–H and O–H groups in total. The fourth-order valence-electron chi connectivity index (χ4n) is 3.16. The van der Waals surface area contributed by atoms with E-state index in [1.165, 1.54) is 18.1 Å². The van der Waals surface area contributed by atoms with Crippen molar-refractivity contribution in [3.63, 3.8) is 0 Å². The molecule has 168 valence electrons. The first-order valence-corrected chi connectivity index (χ1v) is 10.2. The number of hydrogen-bond donors (Lipinski definition) is 0. The Morgan fingerprint density at radius 1 is 1.09 bits per heavy atom. The van der Waals surface area contributed by atoms with Crippen molar-refractivity contribution in [1.82, 2.24) is 4.90 Å². The summed E-state index contributed by atoms with van der Waals surface area (Å²) < 4.78 is 21.0. The molecule has 2 aromatic carbocycles. The summed E-state index contributed by atoms with van der Waals surface area (Å²) >= 11 is 6.05. The molecule has 0 fully saturated rings. The van der Waals surface area contributed by atoms with Crippen LogP contribution in [0, 0.1) is 0 Å². The lowest BCUT2D eigenvalue weighted by molar-refractivity contribution is -0.145. The zero-order valence-electron chi connectivity index (χ0n) is 18.1. The number of carbonyl (C=O) groups excluding carboxylic acids is 2. The Labute approximate surface area is 191 Å². The molecule has 2 aromatic rings. The fraction of sp³-hybridized carbons (Fsp3) is 0.250. The van der Waals surface area contributed by atoms with Gasteiger partial charge in [0.05, 0.1) is 21.3 Å². The van der Waals surface area contributed by atoms with Crippen LogP contribution in [0.3, 0.4) is 0 Å². The van der Waals surface area contributed by atoms with Gasteiger partial charge in [0.15, 0.2) is 0 Å². The summed E-state index contributed by atoms with van der Waals surface area (Å²) in [5, 5.41) is 0.600. The molecule has 1 aliphatic heterocycles. The van der Waals surface area contributed by atoms with Gasteiger partial charge in [-0.05, 0) is 47.5 Å². The SMILES string of the molecule is COC(=O)CN(Cc1cc(OC)cc(OC)c1)C(=O)/C=C/C1=Cc2cc(Cl)ccc2OC1. The topological polar surface area (TPSA) is 74.3 Å². The maximum atomic E-state index is 12.9. The molecule has 0 saturated carbocycles. The van der Waals surface area contributed by atoms with Crippen molar-refractivity contribution in [3.05, 3.63) is 70.3 Å². The number of esters is 1. The molecule has 1 amide bonds. The number of amides is 1. The number of halogens is 1. The number of methoxy groups -OCH3 is 3. The van der Waals surface area contributed by atoms with Gasteiger partial charge in [-0.1, -0.05) is 17.7 Å². The number of carbonyl (C=O) groups is 2. The molecule has 32 heavy (non-hydrogen) atoms. The van der Waals surface area contributed by atoms with Gasteiger partial charge in [-0.2, -0.15) is 0 Å². The first kappa shape index (κ1) is 23.2. The van der Waals surface area contributed by atoms with Crippen molar-refractivity contribution in [2.45, 2.75) is 6.54 Å². The van der Waals surface area contributed by atoms with Gasteiger partial charge in [0.2, 0.25) is 5.91 Å². The van der Waals surface area contributed by atoms with Crippen LogP contribution >= 0.6 is 11.6 Å². The van der Waals surface area contributed by atoms with Crippen molar-refractivity contribution >= 4 is 29.6 Å². The standard InChI is InChI=1S/C24H24ClNO6/c1-29-20-9-17(10-21(12-20)30-2)13-26(14-24(28)31-3)23(27)7-4-16-8-18-11-19(25)5-6-22(18)32-15-16/h4-12H,13-15H2,1-3H3/b7-4+. The molecule has 0 aliphatic carbocycles. The average molecular weight is 458 g/mol. The predicted molar refractivity (Wildman–Crippen MR) is 121 cm³/mol. The maximum absolute atomic E-state index is 12.9. The maximum Gasteiger partial charge on any atom is 0.325 e. The number of rotatable bonds is 8. The Kier molecular flexibility index (Phi) is 7.78. The average Bonchev–Trinajstić information content (AvgIpc) is 2.81. The van der Waals surface area contributed by atoms with Crippen LogP contribution in [0.2, 0.25) is 5.02 Å². The van der Waals surface area contributed by atoms with E-state index in [1.54, 1.807) is 56.7 Å². The van der Waals surface area contributed by atoms with E-state index in [1.807, 2.05) is 6.08 Å². The summed E-state index contributed by atoms with van der Waals surface area (Å²) in [5.41, 5.74) is 2.38. The van der Waals surface area contributed by atoms with Gasteiger partial charge < -0.3 is 23.8 Å². The lowest BCUT2D eigenvalue weighted by Gasteiger charge is -2.21. The minimum Gasteiger partial charge on any atom is -0.497 e. The summed E-state index contributed by atoms with van der Waals surface area (Å²) in [7, 11) is 4.37. The van der Waals surface area contributed by atoms with E-state index in [4.69, 9.17) is 30.5 Å². The number of hydrogen-bond acceptors (Lipinski definition) is 6. The highest BCUT2D eigenvalue weighted by Crippen LogP contribution is 2.29. The van der Waals surface area contributed by atoms with E-state index in [2.05, 4.69) is 0 Å². The first-order chi connectivity index (χ1) is 15.4. The second-order valence-electron chi connectivity index (χ2n) is 7.01. The minimum absolute atomic E-state index is 0.166. The van der Waals surface area contributed by atoms with Gasteiger partial charge >= 0.3 is 5.97 Å². The van der Waals surface area contributed by atoms with Crippen LogP contribution in [0.5, 0.6) is 17.2 Å². The Balaban J connectivity index is 1.80. The van der Waals surface area contributed by atoms with E-state index >= 15 is 0 Å². The van der Waals surface area contributed by atoms with Crippen molar-refractivity contribution < 1.29 is 28.5 Å². The van der Waals surface area contributed by atoms with Crippen LogP contribution in [0.25, 0.3) is 6.08 Å². The number of fused-ring (bicyclic) bond motifs is 1. The third-order valence-corrected chi connectivity index (χ3v) is 5.03. The van der Waals surface area contributed by atoms with Gasteiger partial charge in [-0.15, -0.1) is 0 Å².